The zero-order chi connectivity index (χ0) is 12.8. The zero-order valence-corrected chi connectivity index (χ0v) is 10.2. The minimum atomic E-state index is -0.496. The number of allylic oxidation sites excluding steroid dienone is 3. The van der Waals surface area contributed by atoms with Crippen molar-refractivity contribution in [2.24, 2.45) is 0 Å². The Bertz CT molecular complexity index is 507. The molecule has 0 aromatic heterocycles. The number of rotatable bonds is 3. The molecule has 1 N–H and O–H groups in total. The third-order valence-corrected chi connectivity index (χ3v) is 2.50. The van der Waals surface area contributed by atoms with Crippen LogP contribution in [0, 0.1) is 17.1 Å². The average Bonchev–Trinajstić information content (AvgIpc) is 2.35. The summed E-state index contributed by atoms with van der Waals surface area (Å²) in [4.78, 5) is 0. The van der Waals surface area contributed by atoms with Gasteiger partial charge in [-0.2, -0.15) is 5.26 Å². The molecule has 3 heteroatoms. The molecule has 0 amide bonds. The first kappa shape index (κ1) is 13.0. The molecule has 88 valence electrons. The molecule has 0 bridgehead atoms. The topological polar surface area (TPSA) is 35.8 Å². The zero-order valence-electron chi connectivity index (χ0n) is 10.2. The van der Waals surface area contributed by atoms with E-state index in [2.05, 4.69) is 5.32 Å². The fraction of sp³-hybridized carbons (Fsp3) is 0.214. The van der Waals surface area contributed by atoms with Crippen LogP contribution in [0.25, 0.3) is 5.70 Å². The smallest absolute Gasteiger partial charge is 0.141 e. The number of hydrogen-bond donors (Lipinski definition) is 1. The highest BCUT2D eigenvalue weighted by Crippen LogP contribution is 2.17. The van der Waals surface area contributed by atoms with Gasteiger partial charge >= 0.3 is 0 Å². The first-order chi connectivity index (χ1) is 8.12. The van der Waals surface area contributed by atoms with Gasteiger partial charge in [0.15, 0.2) is 0 Å². The van der Waals surface area contributed by atoms with Crippen LogP contribution in [0.2, 0.25) is 0 Å². The van der Waals surface area contributed by atoms with Gasteiger partial charge in [-0.05, 0) is 32.1 Å². The molecule has 0 fully saturated rings. The lowest BCUT2D eigenvalue weighted by Gasteiger charge is -2.08. The maximum absolute atomic E-state index is 13.5. The molecule has 0 saturated carbocycles. The van der Waals surface area contributed by atoms with Gasteiger partial charge in [-0.3, -0.25) is 0 Å². The molecule has 1 rings (SSSR count). The van der Waals surface area contributed by atoms with Gasteiger partial charge in [0.25, 0.3) is 0 Å². The Balaban J connectivity index is 3.19. The van der Waals surface area contributed by atoms with Gasteiger partial charge in [0, 0.05) is 18.3 Å². The lowest BCUT2D eigenvalue weighted by atomic mass is 10.1. The highest BCUT2D eigenvalue weighted by Gasteiger charge is 2.05. The fourth-order valence-electron chi connectivity index (χ4n) is 1.38. The quantitative estimate of drug-likeness (QED) is 0.809. The van der Waals surface area contributed by atoms with Crippen LogP contribution in [0.1, 0.15) is 25.0 Å². The number of hydrogen-bond acceptors (Lipinski definition) is 2. The summed E-state index contributed by atoms with van der Waals surface area (Å²) in [7, 11) is 1.78. The normalized spacial score (nSPS) is 12.2. The molecule has 0 aliphatic rings. The Morgan fingerprint density at radius 2 is 2.18 bits per heavy atom. The second-order valence-electron chi connectivity index (χ2n) is 3.65. The second-order valence-corrected chi connectivity index (χ2v) is 3.65. The molecular weight excluding hydrogens is 215 g/mol. The first-order valence-electron chi connectivity index (χ1n) is 5.34. The van der Waals surface area contributed by atoms with Gasteiger partial charge < -0.3 is 5.32 Å². The number of halogens is 1. The van der Waals surface area contributed by atoms with E-state index in [1.165, 1.54) is 12.1 Å². The molecule has 1 aromatic rings. The van der Waals surface area contributed by atoms with Crippen molar-refractivity contribution < 1.29 is 4.39 Å². The van der Waals surface area contributed by atoms with Gasteiger partial charge in [-0.15, -0.1) is 0 Å². The lowest BCUT2D eigenvalue weighted by Crippen LogP contribution is -2.05. The van der Waals surface area contributed by atoms with E-state index in [-0.39, 0.29) is 5.56 Å². The third kappa shape index (κ3) is 3.18. The van der Waals surface area contributed by atoms with E-state index < -0.39 is 5.82 Å². The van der Waals surface area contributed by atoms with Crippen molar-refractivity contribution in [3.8, 4) is 6.07 Å². The van der Waals surface area contributed by atoms with Crippen molar-refractivity contribution in [2.45, 2.75) is 13.8 Å². The predicted molar refractivity (Wildman–Crippen MR) is 67.6 cm³/mol. The maximum Gasteiger partial charge on any atom is 0.141 e. The molecule has 0 heterocycles. The summed E-state index contributed by atoms with van der Waals surface area (Å²) >= 11 is 0. The number of benzene rings is 1. The Kier molecular flexibility index (Phi) is 4.47. The molecule has 0 aliphatic carbocycles. The van der Waals surface area contributed by atoms with Crippen molar-refractivity contribution in [2.75, 3.05) is 7.05 Å². The molecule has 0 aliphatic heterocycles. The molecule has 0 saturated heterocycles. The fourth-order valence-corrected chi connectivity index (χ4v) is 1.38. The number of nitriles is 1. The van der Waals surface area contributed by atoms with Crippen LogP contribution in [0.3, 0.4) is 0 Å². The SMILES string of the molecule is C/C=C(C)\C=C(/NC)c1ccc(C#N)c(F)c1. The highest BCUT2D eigenvalue weighted by atomic mass is 19.1. The second kappa shape index (κ2) is 5.86. The van der Waals surface area contributed by atoms with E-state index in [9.17, 15) is 4.39 Å². The largest absolute Gasteiger partial charge is 0.388 e. The van der Waals surface area contributed by atoms with E-state index in [0.29, 0.717) is 0 Å². The van der Waals surface area contributed by atoms with Crippen molar-refractivity contribution in [3.05, 3.63) is 52.9 Å². The summed E-state index contributed by atoms with van der Waals surface area (Å²) in [6.07, 6.45) is 3.90. The van der Waals surface area contributed by atoms with Gasteiger partial charge in [0.05, 0.1) is 5.56 Å². The molecular formula is C14H15FN2. The monoisotopic (exact) mass is 230 g/mol. The van der Waals surface area contributed by atoms with Crippen LogP contribution in [-0.2, 0) is 0 Å². The van der Waals surface area contributed by atoms with E-state index in [0.717, 1.165) is 16.8 Å². The molecule has 2 nitrogen and oxygen atoms in total. The summed E-state index contributed by atoms with van der Waals surface area (Å²) < 4.78 is 13.5. The summed E-state index contributed by atoms with van der Waals surface area (Å²) in [5.74, 6) is -0.496. The standard InChI is InChI=1S/C14H15FN2/c1-4-10(2)7-14(17-3)11-5-6-12(9-16)13(15)8-11/h4-8,17H,1-3H3/b10-4-,14-7-. The number of nitrogens with one attached hydrogen (secondary N) is 1. The third-order valence-electron chi connectivity index (χ3n) is 2.50. The summed E-state index contributed by atoms with van der Waals surface area (Å²) in [6, 6.07) is 6.39. The minimum absolute atomic E-state index is 0.0620. The highest BCUT2D eigenvalue weighted by molar-refractivity contribution is 5.67. The Morgan fingerprint density at radius 3 is 2.65 bits per heavy atom. The van der Waals surface area contributed by atoms with E-state index >= 15 is 0 Å². The van der Waals surface area contributed by atoms with Gasteiger partial charge in [-0.1, -0.05) is 17.7 Å². The van der Waals surface area contributed by atoms with Gasteiger partial charge in [0.1, 0.15) is 11.9 Å². The number of nitrogens with zero attached hydrogens (tertiary/aromatic N) is 1. The lowest BCUT2D eigenvalue weighted by molar-refractivity contribution is 0.623. The maximum atomic E-state index is 13.5. The van der Waals surface area contributed by atoms with Crippen LogP contribution >= 0.6 is 0 Å². The van der Waals surface area contributed by atoms with E-state index in [4.69, 9.17) is 5.26 Å². The van der Waals surface area contributed by atoms with Crippen LogP contribution in [0.5, 0.6) is 0 Å². The van der Waals surface area contributed by atoms with E-state index in [1.807, 2.05) is 26.0 Å². The minimum Gasteiger partial charge on any atom is -0.388 e. The first-order valence-corrected chi connectivity index (χ1v) is 5.34. The molecule has 0 radical (unpaired) electrons. The van der Waals surface area contributed by atoms with Gasteiger partial charge in [-0.25, -0.2) is 4.39 Å². The molecule has 1 aromatic carbocycles. The van der Waals surface area contributed by atoms with Crippen molar-refractivity contribution in [3.63, 3.8) is 0 Å². The Morgan fingerprint density at radius 1 is 1.47 bits per heavy atom. The van der Waals surface area contributed by atoms with Crippen molar-refractivity contribution in [1.82, 2.24) is 5.32 Å². The van der Waals surface area contributed by atoms with Crippen LogP contribution in [0.15, 0.2) is 35.9 Å². The van der Waals surface area contributed by atoms with Crippen LogP contribution in [0.4, 0.5) is 4.39 Å². The summed E-state index contributed by atoms with van der Waals surface area (Å²) in [5, 5.41) is 11.7. The summed E-state index contributed by atoms with van der Waals surface area (Å²) in [5.41, 5.74) is 2.69. The van der Waals surface area contributed by atoms with Crippen LogP contribution in [-0.4, -0.2) is 7.05 Å². The Labute approximate surface area is 101 Å². The molecule has 0 spiro atoms. The van der Waals surface area contributed by atoms with E-state index in [1.54, 1.807) is 19.2 Å². The summed E-state index contributed by atoms with van der Waals surface area (Å²) in [6.45, 7) is 3.91. The van der Waals surface area contributed by atoms with Crippen molar-refractivity contribution in [1.29, 1.82) is 5.26 Å². The molecule has 17 heavy (non-hydrogen) atoms. The van der Waals surface area contributed by atoms with Crippen molar-refractivity contribution >= 4 is 5.70 Å². The predicted octanol–water partition coefficient (Wildman–Crippen LogP) is 3.22. The van der Waals surface area contributed by atoms with Crippen LogP contribution < -0.4 is 5.32 Å². The average molecular weight is 230 g/mol. The Hall–Kier alpha value is -2.08. The molecule has 0 atom stereocenters. The van der Waals surface area contributed by atoms with Gasteiger partial charge in [0.2, 0.25) is 0 Å². The molecule has 0 unspecified atom stereocenters.